The highest BCUT2D eigenvalue weighted by atomic mass is 16.2. The monoisotopic (exact) mass is 276 g/mol. The standard InChI is InChI=1S/C15H24N4O/c1-17-10-12-19(13-11-17)9-8-16-15(20)18(2)14-6-4-3-5-7-14/h3-7H,8-13H2,1-2H3,(H,16,20). The lowest BCUT2D eigenvalue weighted by Crippen LogP contribution is -2.48. The molecule has 0 unspecified atom stereocenters. The van der Waals surface area contributed by atoms with Gasteiger partial charge in [0, 0.05) is 52.0 Å². The molecule has 1 aliphatic heterocycles. The molecular formula is C15H24N4O. The number of hydrogen-bond acceptors (Lipinski definition) is 3. The summed E-state index contributed by atoms with van der Waals surface area (Å²) in [6.45, 7) is 6.00. The first kappa shape index (κ1) is 14.8. The second kappa shape index (κ2) is 7.26. The summed E-state index contributed by atoms with van der Waals surface area (Å²) in [5.41, 5.74) is 0.907. The first-order valence-electron chi connectivity index (χ1n) is 7.14. The van der Waals surface area contributed by atoms with Gasteiger partial charge in [0.05, 0.1) is 0 Å². The third kappa shape index (κ3) is 4.21. The largest absolute Gasteiger partial charge is 0.336 e. The molecule has 0 atom stereocenters. The van der Waals surface area contributed by atoms with E-state index in [-0.39, 0.29) is 6.03 Å². The van der Waals surface area contributed by atoms with Crippen LogP contribution in [-0.2, 0) is 0 Å². The fourth-order valence-electron chi connectivity index (χ4n) is 2.28. The number of carbonyl (C=O) groups is 1. The Labute approximate surface area is 121 Å². The van der Waals surface area contributed by atoms with Crippen LogP contribution >= 0.6 is 0 Å². The van der Waals surface area contributed by atoms with Crippen molar-refractivity contribution in [2.75, 3.05) is 58.3 Å². The van der Waals surface area contributed by atoms with Gasteiger partial charge < -0.3 is 10.2 Å². The maximum atomic E-state index is 12.0. The molecule has 0 aromatic heterocycles. The number of rotatable bonds is 4. The zero-order valence-electron chi connectivity index (χ0n) is 12.4. The van der Waals surface area contributed by atoms with Gasteiger partial charge in [-0.2, -0.15) is 0 Å². The van der Waals surface area contributed by atoms with Gasteiger partial charge >= 0.3 is 6.03 Å². The summed E-state index contributed by atoms with van der Waals surface area (Å²) in [4.78, 5) is 18.4. The highest BCUT2D eigenvalue weighted by Crippen LogP contribution is 2.10. The maximum absolute atomic E-state index is 12.0. The molecule has 1 aromatic carbocycles. The Morgan fingerprint density at radius 1 is 1.20 bits per heavy atom. The molecule has 0 saturated carbocycles. The van der Waals surface area contributed by atoms with Gasteiger partial charge in [0.15, 0.2) is 0 Å². The number of anilines is 1. The molecule has 1 saturated heterocycles. The quantitative estimate of drug-likeness (QED) is 0.894. The van der Waals surface area contributed by atoms with Crippen LogP contribution in [0.3, 0.4) is 0 Å². The summed E-state index contributed by atoms with van der Waals surface area (Å²) < 4.78 is 0. The fourth-order valence-corrected chi connectivity index (χ4v) is 2.28. The van der Waals surface area contributed by atoms with E-state index in [0.29, 0.717) is 6.54 Å². The van der Waals surface area contributed by atoms with Crippen LogP contribution in [-0.4, -0.2) is 69.2 Å². The molecule has 1 heterocycles. The third-order valence-electron chi connectivity index (χ3n) is 3.75. The lowest BCUT2D eigenvalue weighted by atomic mass is 10.3. The Bertz CT molecular complexity index is 415. The van der Waals surface area contributed by atoms with Gasteiger partial charge in [-0.05, 0) is 19.2 Å². The molecule has 0 radical (unpaired) electrons. The number of benzene rings is 1. The van der Waals surface area contributed by atoms with Crippen molar-refractivity contribution in [3.05, 3.63) is 30.3 Å². The third-order valence-corrected chi connectivity index (χ3v) is 3.75. The highest BCUT2D eigenvalue weighted by molar-refractivity contribution is 5.91. The van der Waals surface area contributed by atoms with E-state index in [9.17, 15) is 4.79 Å². The minimum atomic E-state index is -0.0506. The Morgan fingerprint density at radius 3 is 2.50 bits per heavy atom. The Kier molecular flexibility index (Phi) is 5.38. The molecule has 2 rings (SSSR count). The number of hydrogen-bond donors (Lipinski definition) is 1. The summed E-state index contributed by atoms with van der Waals surface area (Å²) in [5, 5.41) is 2.97. The summed E-state index contributed by atoms with van der Waals surface area (Å²) in [7, 11) is 3.94. The van der Waals surface area contributed by atoms with Gasteiger partial charge in [-0.1, -0.05) is 18.2 Å². The predicted octanol–water partition coefficient (Wildman–Crippen LogP) is 1.08. The minimum Gasteiger partial charge on any atom is -0.336 e. The van der Waals surface area contributed by atoms with Crippen molar-refractivity contribution < 1.29 is 4.79 Å². The Hall–Kier alpha value is -1.59. The SMILES string of the molecule is CN1CCN(CCNC(=O)N(C)c2ccccc2)CC1. The van der Waals surface area contributed by atoms with Crippen LogP contribution < -0.4 is 10.2 Å². The van der Waals surface area contributed by atoms with E-state index in [4.69, 9.17) is 0 Å². The maximum Gasteiger partial charge on any atom is 0.321 e. The number of piperazine rings is 1. The molecule has 110 valence electrons. The molecule has 5 nitrogen and oxygen atoms in total. The van der Waals surface area contributed by atoms with Crippen LogP contribution in [0.15, 0.2) is 30.3 Å². The van der Waals surface area contributed by atoms with Crippen molar-refractivity contribution in [2.45, 2.75) is 0 Å². The molecule has 0 aliphatic carbocycles. The molecule has 0 spiro atoms. The van der Waals surface area contributed by atoms with E-state index in [1.807, 2.05) is 30.3 Å². The Morgan fingerprint density at radius 2 is 1.85 bits per heavy atom. The van der Waals surface area contributed by atoms with Crippen LogP contribution in [0.1, 0.15) is 0 Å². The lowest BCUT2D eigenvalue weighted by molar-refractivity contribution is 0.155. The van der Waals surface area contributed by atoms with E-state index in [1.54, 1.807) is 11.9 Å². The normalized spacial score (nSPS) is 16.9. The molecular weight excluding hydrogens is 252 g/mol. The predicted molar refractivity (Wildman–Crippen MR) is 82.2 cm³/mol. The van der Waals surface area contributed by atoms with Crippen molar-refractivity contribution in [3.8, 4) is 0 Å². The van der Waals surface area contributed by atoms with E-state index in [1.165, 1.54) is 0 Å². The van der Waals surface area contributed by atoms with Crippen LogP contribution in [0.5, 0.6) is 0 Å². The summed E-state index contributed by atoms with van der Waals surface area (Å²) >= 11 is 0. The van der Waals surface area contributed by atoms with E-state index in [2.05, 4.69) is 22.2 Å². The second-order valence-corrected chi connectivity index (χ2v) is 5.27. The Balaban J connectivity index is 1.70. The number of carbonyl (C=O) groups excluding carboxylic acids is 1. The molecule has 1 N–H and O–H groups in total. The van der Waals surface area contributed by atoms with Crippen LogP contribution in [0.4, 0.5) is 10.5 Å². The van der Waals surface area contributed by atoms with E-state index < -0.39 is 0 Å². The molecule has 20 heavy (non-hydrogen) atoms. The average Bonchev–Trinajstić information content (AvgIpc) is 2.49. The number of para-hydroxylation sites is 1. The molecule has 1 fully saturated rings. The highest BCUT2D eigenvalue weighted by Gasteiger charge is 2.14. The van der Waals surface area contributed by atoms with Gasteiger partial charge in [-0.3, -0.25) is 9.80 Å². The molecule has 5 heteroatoms. The van der Waals surface area contributed by atoms with Gasteiger partial charge in [-0.15, -0.1) is 0 Å². The smallest absolute Gasteiger partial charge is 0.321 e. The average molecular weight is 276 g/mol. The van der Waals surface area contributed by atoms with Gasteiger partial charge in [-0.25, -0.2) is 4.79 Å². The van der Waals surface area contributed by atoms with Crippen molar-refractivity contribution in [1.82, 2.24) is 15.1 Å². The summed E-state index contributed by atoms with van der Waals surface area (Å²) in [5.74, 6) is 0. The number of nitrogens with zero attached hydrogens (tertiary/aromatic N) is 3. The van der Waals surface area contributed by atoms with E-state index >= 15 is 0 Å². The van der Waals surface area contributed by atoms with Gasteiger partial charge in [0.1, 0.15) is 0 Å². The molecule has 0 bridgehead atoms. The zero-order valence-corrected chi connectivity index (χ0v) is 12.4. The lowest BCUT2D eigenvalue weighted by Gasteiger charge is -2.32. The zero-order chi connectivity index (χ0) is 14.4. The van der Waals surface area contributed by atoms with Crippen LogP contribution in [0.2, 0.25) is 0 Å². The number of amides is 2. The van der Waals surface area contributed by atoms with Gasteiger partial charge in [0.25, 0.3) is 0 Å². The van der Waals surface area contributed by atoms with Crippen LogP contribution in [0, 0.1) is 0 Å². The fraction of sp³-hybridized carbons (Fsp3) is 0.533. The molecule has 2 amide bonds. The summed E-state index contributed by atoms with van der Waals surface area (Å²) in [6, 6.07) is 9.63. The number of urea groups is 1. The number of likely N-dealkylation sites (N-methyl/N-ethyl adjacent to an activating group) is 1. The van der Waals surface area contributed by atoms with E-state index in [0.717, 1.165) is 38.4 Å². The van der Waals surface area contributed by atoms with Crippen LogP contribution in [0.25, 0.3) is 0 Å². The summed E-state index contributed by atoms with van der Waals surface area (Å²) in [6.07, 6.45) is 0. The first-order valence-corrected chi connectivity index (χ1v) is 7.14. The minimum absolute atomic E-state index is 0.0506. The molecule has 1 aromatic rings. The van der Waals surface area contributed by atoms with Crippen molar-refractivity contribution in [2.24, 2.45) is 0 Å². The second-order valence-electron chi connectivity index (χ2n) is 5.27. The topological polar surface area (TPSA) is 38.8 Å². The first-order chi connectivity index (χ1) is 9.66. The number of nitrogens with one attached hydrogen (secondary N) is 1. The van der Waals surface area contributed by atoms with Gasteiger partial charge in [0.2, 0.25) is 0 Å². The van der Waals surface area contributed by atoms with Crippen molar-refractivity contribution in [3.63, 3.8) is 0 Å². The van der Waals surface area contributed by atoms with Crippen molar-refractivity contribution in [1.29, 1.82) is 0 Å². The molecule has 1 aliphatic rings. The van der Waals surface area contributed by atoms with Crippen molar-refractivity contribution >= 4 is 11.7 Å².